The fourth-order valence-corrected chi connectivity index (χ4v) is 5.44. The summed E-state index contributed by atoms with van der Waals surface area (Å²) in [6.45, 7) is 2.25. The van der Waals surface area contributed by atoms with Gasteiger partial charge >= 0.3 is 11.9 Å². The van der Waals surface area contributed by atoms with Gasteiger partial charge in [0.1, 0.15) is 0 Å². The maximum Gasteiger partial charge on any atom is 0.313 e. The Bertz CT molecular complexity index is 526. The third-order valence-corrected chi connectivity index (χ3v) is 7.77. The zero-order chi connectivity index (χ0) is 23.0. The van der Waals surface area contributed by atoms with Crippen LogP contribution in [-0.2, 0) is 9.59 Å². The minimum absolute atomic E-state index is 0.0574. The van der Waals surface area contributed by atoms with Crippen LogP contribution in [0.5, 0.6) is 0 Å². The molecule has 0 aromatic heterocycles. The van der Waals surface area contributed by atoms with Crippen LogP contribution in [0.3, 0.4) is 0 Å². The van der Waals surface area contributed by atoms with Gasteiger partial charge in [0, 0.05) is 0 Å². The number of aliphatic carboxylic acids is 2. The average molecular weight is 457 g/mol. The van der Waals surface area contributed by atoms with Gasteiger partial charge in [-0.2, -0.15) is 0 Å². The molecule has 1 aliphatic rings. The number of carbonyl (C=O) groups is 2. The van der Waals surface area contributed by atoms with Gasteiger partial charge in [0.05, 0.1) is 22.5 Å². The van der Waals surface area contributed by atoms with E-state index in [2.05, 4.69) is 13.0 Å². The van der Waals surface area contributed by atoms with Gasteiger partial charge in [-0.15, -0.1) is 11.8 Å². The molecule has 0 saturated heterocycles. The van der Waals surface area contributed by atoms with E-state index in [1.54, 1.807) is 0 Å². The van der Waals surface area contributed by atoms with Crippen molar-refractivity contribution in [3.05, 3.63) is 12.2 Å². The Labute approximate surface area is 193 Å². The predicted molar refractivity (Wildman–Crippen MR) is 129 cm³/mol. The quantitative estimate of drug-likeness (QED) is 0.162. The molecule has 180 valence electrons. The van der Waals surface area contributed by atoms with Gasteiger partial charge in [0.2, 0.25) is 0 Å². The van der Waals surface area contributed by atoms with Gasteiger partial charge in [0.15, 0.2) is 0 Å². The second-order valence-electron chi connectivity index (χ2n) is 9.09. The van der Waals surface area contributed by atoms with Crippen LogP contribution in [0.2, 0.25) is 0 Å². The van der Waals surface area contributed by atoms with Crippen molar-refractivity contribution in [2.75, 3.05) is 5.75 Å². The van der Waals surface area contributed by atoms with Gasteiger partial charge in [-0.05, 0) is 38.5 Å². The van der Waals surface area contributed by atoms with Crippen LogP contribution < -0.4 is 0 Å². The first-order valence-electron chi connectivity index (χ1n) is 12.3. The second kappa shape index (κ2) is 16.6. The smallest absolute Gasteiger partial charge is 0.313 e. The number of thioether (sulfide) groups is 1. The monoisotopic (exact) mass is 456 g/mol. The lowest BCUT2D eigenvalue weighted by Gasteiger charge is -2.39. The van der Waals surface area contributed by atoms with Crippen LogP contribution in [0.4, 0.5) is 0 Å². The summed E-state index contributed by atoms with van der Waals surface area (Å²) < 4.78 is 0. The fraction of sp³-hybridized carbons (Fsp3) is 0.840. The van der Waals surface area contributed by atoms with Crippen molar-refractivity contribution in [1.82, 2.24) is 0 Å². The summed E-state index contributed by atoms with van der Waals surface area (Å²) in [6, 6.07) is 0. The van der Waals surface area contributed by atoms with Crippen LogP contribution in [0.25, 0.3) is 0 Å². The molecule has 0 aromatic rings. The van der Waals surface area contributed by atoms with Crippen LogP contribution in [0.1, 0.15) is 110 Å². The highest BCUT2D eigenvalue weighted by Gasteiger charge is 2.41. The van der Waals surface area contributed by atoms with Crippen molar-refractivity contribution >= 4 is 23.7 Å². The van der Waals surface area contributed by atoms with E-state index in [0.717, 1.165) is 12.8 Å². The first-order chi connectivity index (χ1) is 14.9. The molecule has 0 spiro atoms. The third kappa shape index (κ3) is 12.6. The first kappa shape index (κ1) is 28.0. The number of unbranched alkanes of at least 4 members (excludes halogenated alkanes) is 11. The molecule has 1 fully saturated rings. The van der Waals surface area contributed by atoms with Crippen molar-refractivity contribution in [3.63, 3.8) is 0 Å². The molecule has 0 radical (unpaired) electrons. The summed E-state index contributed by atoms with van der Waals surface area (Å²) in [7, 11) is 0. The molecule has 0 aliphatic heterocycles. The molecule has 1 aliphatic carbocycles. The van der Waals surface area contributed by atoms with Gasteiger partial charge in [-0.1, -0.05) is 83.3 Å². The number of aliphatic hydroxyl groups is 1. The summed E-state index contributed by atoms with van der Waals surface area (Å²) in [6.07, 6.45) is 21.1. The normalized spacial score (nSPS) is 22.6. The van der Waals surface area contributed by atoms with E-state index in [1.165, 1.54) is 76.0 Å². The van der Waals surface area contributed by atoms with Crippen LogP contribution in [-0.4, -0.2) is 43.9 Å². The molecular formula is C25H44O5S. The Kier molecular flexibility index (Phi) is 15.0. The van der Waals surface area contributed by atoms with E-state index >= 15 is 0 Å². The SMILES string of the molecule is CCCCCCCCCCCCCC=CC(SCC(=O)O)C1(O)CCC(C(=O)O)CC1. The molecule has 1 saturated carbocycles. The lowest BCUT2D eigenvalue weighted by molar-refractivity contribution is -0.144. The number of carboxylic acids is 2. The van der Waals surface area contributed by atoms with Crippen molar-refractivity contribution < 1.29 is 24.9 Å². The summed E-state index contributed by atoms with van der Waals surface area (Å²) in [5.74, 6) is -2.15. The highest BCUT2D eigenvalue weighted by molar-refractivity contribution is 8.00. The Hall–Kier alpha value is -1.01. The summed E-state index contributed by atoms with van der Waals surface area (Å²) >= 11 is 1.25. The van der Waals surface area contributed by atoms with Gasteiger partial charge < -0.3 is 15.3 Å². The zero-order valence-corrected chi connectivity index (χ0v) is 20.2. The maximum absolute atomic E-state index is 11.2. The molecule has 0 heterocycles. The Morgan fingerprint density at radius 3 is 1.94 bits per heavy atom. The average Bonchev–Trinajstić information content (AvgIpc) is 2.73. The fourth-order valence-electron chi connectivity index (χ4n) is 4.35. The Balaban J connectivity index is 2.27. The van der Waals surface area contributed by atoms with Crippen molar-refractivity contribution in [2.45, 2.75) is 121 Å². The third-order valence-electron chi connectivity index (χ3n) is 6.40. The van der Waals surface area contributed by atoms with Crippen LogP contribution in [0, 0.1) is 5.92 Å². The van der Waals surface area contributed by atoms with E-state index in [4.69, 9.17) is 5.11 Å². The molecule has 6 heteroatoms. The van der Waals surface area contributed by atoms with Crippen molar-refractivity contribution in [2.24, 2.45) is 5.92 Å². The number of hydrogen-bond acceptors (Lipinski definition) is 4. The highest BCUT2D eigenvalue weighted by Crippen LogP contribution is 2.39. The van der Waals surface area contributed by atoms with E-state index < -0.39 is 23.5 Å². The Morgan fingerprint density at radius 2 is 1.45 bits per heavy atom. The lowest BCUT2D eigenvalue weighted by Crippen LogP contribution is -2.44. The van der Waals surface area contributed by atoms with E-state index in [-0.39, 0.29) is 11.0 Å². The molecule has 1 unspecified atom stereocenters. The Morgan fingerprint density at radius 1 is 0.935 bits per heavy atom. The molecule has 3 N–H and O–H groups in total. The molecule has 1 atom stereocenters. The summed E-state index contributed by atoms with van der Waals surface area (Å²) in [5, 5.41) is 29.0. The number of carboxylic acid groups (broad SMARTS) is 2. The van der Waals surface area contributed by atoms with Gasteiger partial charge in [-0.25, -0.2) is 0 Å². The molecule has 0 amide bonds. The van der Waals surface area contributed by atoms with Gasteiger partial charge in [0.25, 0.3) is 0 Å². The van der Waals surface area contributed by atoms with Crippen molar-refractivity contribution in [3.8, 4) is 0 Å². The van der Waals surface area contributed by atoms with E-state index in [1.807, 2.05) is 6.08 Å². The highest BCUT2D eigenvalue weighted by atomic mass is 32.2. The largest absolute Gasteiger partial charge is 0.481 e. The van der Waals surface area contributed by atoms with Crippen molar-refractivity contribution in [1.29, 1.82) is 0 Å². The summed E-state index contributed by atoms with van der Waals surface area (Å²) in [4.78, 5) is 22.2. The minimum Gasteiger partial charge on any atom is -0.481 e. The van der Waals surface area contributed by atoms with Crippen LogP contribution >= 0.6 is 11.8 Å². The molecule has 0 bridgehead atoms. The minimum atomic E-state index is -1.01. The summed E-state index contributed by atoms with van der Waals surface area (Å²) in [5.41, 5.74) is -1.01. The number of hydrogen-bond donors (Lipinski definition) is 3. The number of rotatable bonds is 18. The first-order valence-corrected chi connectivity index (χ1v) is 13.4. The molecule has 31 heavy (non-hydrogen) atoms. The molecular weight excluding hydrogens is 412 g/mol. The van der Waals surface area contributed by atoms with Crippen LogP contribution in [0.15, 0.2) is 12.2 Å². The molecule has 5 nitrogen and oxygen atoms in total. The second-order valence-corrected chi connectivity index (χ2v) is 10.2. The molecule has 0 aromatic carbocycles. The van der Waals surface area contributed by atoms with E-state index in [9.17, 15) is 19.8 Å². The molecule has 1 rings (SSSR count). The standard InChI is InChI=1S/C25H44O5S/c1-2-3-4-5-6-7-8-9-10-11-12-13-14-15-22(31-20-23(26)27)25(30)18-16-21(17-19-25)24(28)29/h14-15,21-22,30H,2-13,16-20H2,1H3,(H,26,27)(H,28,29). The topological polar surface area (TPSA) is 94.8 Å². The zero-order valence-electron chi connectivity index (χ0n) is 19.4. The predicted octanol–water partition coefficient (Wildman–Crippen LogP) is 6.44. The lowest BCUT2D eigenvalue weighted by atomic mass is 9.77. The van der Waals surface area contributed by atoms with E-state index in [0.29, 0.717) is 25.7 Å². The maximum atomic E-state index is 11.2. The van der Waals surface area contributed by atoms with Gasteiger partial charge in [-0.3, -0.25) is 9.59 Å². The number of allylic oxidation sites excluding steroid dienone is 1.